The van der Waals surface area contributed by atoms with E-state index in [1.54, 1.807) is 37.4 Å². The molecular weight excluding hydrogens is 194 g/mol. The van der Waals surface area contributed by atoms with E-state index in [-0.39, 0.29) is 0 Å². The van der Waals surface area contributed by atoms with Gasteiger partial charge in [0.25, 0.3) is 5.88 Å². The Morgan fingerprint density at radius 3 is 2.67 bits per heavy atom. The fourth-order valence-electron chi connectivity index (χ4n) is 1.26. The van der Waals surface area contributed by atoms with E-state index >= 15 is 0 Å². The van der Waals surface area contributed by atoms with Crippen LogP contribution in [0.1, 0.15) is 0 Å². The highest BCUT2D eigenvalue weighted by atomic mass is 16.5. The highest BCUT2D eigenvalue weighted by molar-refractivity contribution is 5.39. The van der Waals surface area contributed by atoms with Gasteiger partial charge in [0.05, 0.1) is 14.2 Å². The Hall–Kier alpha value is -2.04. The molecule has 0 atom stereocenters. The molecule has 0 saturated heterocycles. The molecule has 0 aliphatic heterocycles. The van der Waals surface area contributed by atoms with E-state index in [1.165, 1.54) is 0 Å². The smallest absolute Gasteiger partial charge is 0.258 e. The van der Waals surface area contributed by atoms with Crippen molar-refractivity contribution in [2.75, 3.05) is 14.2 Å². The summed E-state index contributed by atoms with van der Waals surface area (Å²) >= 11 is 0. The first kappa shape index (κ1) is 9.51. The zero-order valence-electron chi connectivity index (χ0n) is 8.54. The molecule has 78 valence electrons. The standard InChI is InChI=1S/C10H11N3O2/c1-14-8-3-4-9(12-10(8)15-2)13-6-5-11-7-13/h3-7H,1-2H3. The first-order valence-electron chi connectivity index (χ1n) is 4.42. The van der Waals surface area contributed by atoms with Crippen LogP contribution in [-0.2, 0) is 0 Å². The van der Waals surface area contributed by atoms with Crippen LogP contribution in [0, 0.1) is 0 Å². The van der Waals surface area contributed by atoms with E-state index < -0.39 is 0 Å². The molecule has 2 aromatic heterocycles. The third kappa shape index (κ3) is 1.76. The molecule has 15 heavy (non-hydrogen) atoms. The topological polar surface area (TPSA) is 49.2 Å². The van der Waals surface area contributed by atoms with E-state index in [2.05, 4.69) is 9.97 Å². The summed E-state index contributed by atoms with van der Waals surface area (Å²) < 4.78 is 12.0. The summed E-state index contributed by atoms with van der Waals surface area (Å²) in [5.41, 5.74) is 0. The van der Waals surface area contributed by atoms with Crippen molar-refractivity contribution in [1.82, 2.24) is 14.5 Å². The summed E-state index contributed by atoms with van der Waals surface area (Å²) in [5, 5.41) is 0. The Balaban J connectivity index is 2.43. The van der Waals surface area contributed by atoms with Crippen LogP contribution in [0.15, 0.2) is 30.9 Å². The van der Waals surface area contributed by atoms with Crippen molar-refractivity contribution in [3.63, 3.8) is 0 Å². The van der Waals surface area contributed by atoms with E-state index in [1.807, 2.05) is 12.3 Å². The van der Waals surface area contributed by atoms with Crippen molar-refractivity contribution in [2.24, 2.45) is 0 Å². The molecule has 0 aromatic carbocycles. The van der Waals surface area contributed by atoms with Crippen LogP contribution in [0.25, 0.3) is 5.82 Å². The van der Waals surface area contributed by atoms with Crippen LogP contribution in [0.2, 0.25) is 0 Å². The lowest BCUT2D eigenvalue weighted by atomic mass is 10.4. The van der Waals surface area contributed by atoms with E-state index in [0.717, 1.165) is 5.82 Å². The maximum atomic E-state index is 5.11. The third-order valence-corrected chi connectivity index (χ3v) is 1.99. The normalized spacial score (nSPS) is 10.0. The number of imidazole rings is 1. The highest BCUT2D eigenvalue weighted by Crippen LogP contribution is 2.24. The van der Waals surface area contributed by atoms with E-state index in [9.17, 15) is 0 Å². The van der Waals surface area contributed by atoms with Crippen molar-refractivity contribution in [1.29, 1.82) is 0 Å². The molecule has 5 nitrogen and oxygen atoms in total. The van der Waals surface area contributed by atoms with Gasteiger partial charge in [0, 0.05) is 12.4 Å². The molecule has 0 radical (unpaired) electrons. The fourth-order valence-corrected chi connectivity index (χ4v) is 1.26. The first-order chi connectivity index (χ1) is 7.35. The van der Waals surface area contributed by atoms with Gasteiger partial charge in [-0.3, -0.25) is 4.57 Å². The van der Waals surface area contributed by atoms with Crippen LogP contribution >= 0.6 is 0 Å². The number of nitrogens with zero attached hydrogens (tertiary/aromatic N) is 3. The van der Waals surface area contributed by atoms with Gasteiger partial charge in [-0.2, -0.15) is 4.98 Å². The van der Waals surface area contributed by atoms with Gasteiger partial charge >= 0.3 is 0 Å². The first-order valence-corrected chi connectivity index (χ1v) is 4.42. The Labute approximate surface area is 87.3 Å². The predicted molar refractivity (Wildman–Crippen MR) is 54.5 cm³/mol. The van der Waals surface area contributed by atoms with Crippen molar-refractivity contribution in [3.8, 4) is 17.4 Å². The maximum absolute atomic E-state index is 5.11. The fraction of sp³-hybridized carbons (Fsp3) is 0.200. The number of methoxy groups -OCH3 is 2. The molecule has 0 aliphatic rings. The van der Waals surface area contributed by atoms with Crippen molar-refractivity contribution in [2.45, 2.75) is 0 Å². The number of aromatic nitrogens is 3. The molecule has 2 heterocycles. The highest BCUT2D eigenvalue weighted by Gasteiger charge is 2.06. The molecule has 0 aliphatic carbocycles. The minimum absolute atomic E-state index is 0.462. The molecule has 2 aromatic rings. The number of hydrogen-bond acceptors (Lipinski definition) is 4. The quantitative estimate of drug-likeness (QED) is 0.757. The second kappa shape index (κ2) is 4.00. The Bertz CT molecular complexity index is 440. The summed E-state index contributed by atoms with van der Waals surface area (Å²) in [6, 6.07) is 3.64. The molecule has 0 unspecified atom stereocenters. The van der Waals surface area contributed by atoms with Crippen LogP contribution in [0.5, 0.6) is 11.6 Å². The van der Waals surface area contributed by atoms with Crippen LogP contribution < -0.4 is 9.47 Å². The summed E-state index contributed by atoms with van der Waals surface area (Å²) in [6.45, 7) is 0. The summed E-state index contributed by atoms with van der Waals surface area (Å²) in [5.74, 6) is 1.82. The Morgan fingerprint density at radius 1 is 1.20 bits per heavy atom. The molecule has 0 saturated carbocycles. The number of rotatable bonds is 3. The average molecular weight is 205 g/mol. The zero-order chi connectivity index (χ0) is 10.7. The van der Waals surface area contributed by atoms with Gasteiger partial charge in [-0.05, 0) is 12.1 Å². The van der Waals surface area contributed by atoms with Crippen molar-refractivity contribution >= 4 is 0 Å². The maximum Gasteiger partial charge on any atom is 0.258 e. The molecule has 0 amide bonds. The number of pyridine rings is 1. The average Bonchev–Trinajstić information content (AvgIpc) is 2.81. The second-order valence-electron chi connectivity index (χ2n) is 2.85. The predicted octanol–water partition coefficient (Wildman–Crippen LogP) is 1.28. The summed E-state index contributed by atoms with van der Waals surface area (Å²) in [4.78, 5) is 8.23. The summed E-state index contributed by atoms with van der Waals surface area (Å²) in [7, 11) is 3.14. The van der Waals surface area contributed by atoms with Crippen LogP contribution in [0.4, 0.5) is 0 Å². The lowest BCUT2D eigenvalue weighted by Crippen LogP contribution is -1.99. The van der Waals surface area contributed by atoms with Gasteiger partial charge in [0.1, 0.15) is 12.1 Å². The Kier molecular flexibility index (Phi) is 2.53. The van der Waals surface area contributed by atoms with Gasteiger partial charge in [-0.25, -0.2) is 4.98 Å². The van der Waals surface area contributed by atoms with Gasteiger partial charge in [0.15, 0.2) is 5.75 Å². The van der Waals surface area contributed by atoms with Crippen molar-refractivity contribution in [3.05, 3.63) is 30.9 Å². The van der Waals surface area contributed by atoms with Gasteiger partial charge < -0.3 is 9.47 Å². The molecule has 0 spiro atoms. The van der Waals surface area contributed by atoms with Gasteiger partial charge in [-0.15, -0.1) is 0 Å². The lowest BCUT2D eigenvalue weighted by molar-refractivity contribution is 0.342. The molecule has 0 fully saturated rings. The summed E-state index contributed by atoms with van der Waals surface area (Å²) in [6.07, 6.45) is 5.18. The van der Waals surface area contributed by atoms with Crippen LogP contribution in [0.3, 0.4) is 0 Å². The Morgan fingerprint density at radius 2 is 2.07 bits per heavy atom. The SMILES string of the molecule is COc1ccc(-n2ccnc2)nc1OC. The second-order valence-corrected chi connectivity index (χ2v) is 2.85. The molecule has 0 N–H and O–H groups in total. The number of hydrogen-bond donors (Lipinski definition) is 0. The van der Waals surface area contributed by atoms with Gasteiger partial charge in [-0.1, -0.05) is 0 Å². The molecular formula is C10H11N3O2. The van der Waals surface area contributed by atoms with Gasteiger partial charge in [0.2, 0.25) is 0 Å². The van der Waals surface area contributed by atoms with Crippen molar-refractivity contribution < 1.29 is 9.47 Å². The molecule has 5 heteroatoms. The largest absolute Gasteiger partial charge is 0.491 e. The number of ether oxygens (including phenoxy) is 2. The molecule has 2 rings (SSSR count). The van der Waals surface area contributed by atoms with E-state index in [4.69, 9.17) is 9.47 Å². The van der Waals surface area contributed by atoms with Crippen LogP contribution in [-0.4, -0.2) is 28.8 Å². The minimum atomic E-state index is 0.462. The third-order valence-electron chi connectivity index (χ3n) is 1.99. The zero-order valence-corrected chi connectivity index (χ0v) is 8.54. The van der Waals surface area contributed by atoms with E-state index in [0.29, 0.717) is 11.6 Å². The minimum Gasteiger partial charge on any atom is -0.491 e. The lowest BCUT2D eigenvalue weighted by Gasteiger charge is -2.08. The molecule has 0 bridgehead atoms. The monoisotopic (exact) mass is 205 g/mol.